The lowest BCUT2D eigenvalue weighted by Crippen LogP contribution is -2.53. The number of benzene rings is 1. The van der Waals surface area contributed by atoms with Crippen molar-refractivity contribution in [2.45, 2.75) is 0 Å². The first-order chi connectivity index (χ1) is 12.0. The van der Waals surface area contributed by atoms with Gasteiger partial charge < -0.3 is 9.47 Å². The molecule has 1 aliphatic rings. The summed E-state index contributed by atoms with van der Waals surface area (Å²) in [5.41, 5.74) is 0.560. The van der Waals surface area contributed by atoms with Gasteiger partial charge in [0.2, 0.25) is 0 Å². The second-order valence-electron chi connectivity index (χ2n) is 4.92. The number of ether oxygens (including phenoxy) is 2. The number of carbonyl (C=O) groups excluding carboxylic acids is 2. The van der Waals surface area contributed by atoms with Crippen LogP contribution in [0.4, 0.5) is 0 Å². The van der Waals surface area contributed by atoms with E-state index in [0.29, 0.717) is 17.1 Å². The molecule has 0 aromatic heterocycles. The van der Waals surface area contributed by atoms with Crippen LogP contribution < -0.4 is 14.8 Å². The van der Waals surface area contributed by atoms with Gasteiger partial charge in [-0.15, -0.1) is 13.0 Å². The highest BCUT2D eigenvalue weighted by Gasteiger charge is 2.32. The Labute approximate surface area is 151 Å². The van der Waals surface area contributed by atoms with Gasteiger partial charge in [-0.25, -0.2) is 0 Å². The first kappa shape index (κ1) is 18.2. The van der Waals surface area contributed by atoms with E-state index in [4.69, 9.17) is 28.1 Å². The summed E-state index contributed by atoms with van der Waals surface area (Å²) in [5, 5.41) is 2.54. The molecule has 0 saturated carbocycles. The van der Waals surface area contributed by atoms with Crippen LogP contribution >= 0.6 is 12.2 Å². The van der Waals surface area contributed by atoms with Crippen LogP contribution in [0.15, 0.2) is 36.4 Å². The maximum atomic E-state index is 12.5. The number of nitrogens with zero attached hydrogens (tertiary/aromatic N) is 1. The van der Waals surface area contributed by atoms with Crippen molar-refractivity contribution >= 4 is 35.2 Å². The quantitative estimate of drug-likeness (QED) is 0.275. The first-order valence-corrected chi connectivity index (χ1v) is 7.66. The van der Waals surface area contributed by atoms with Crippen molar-refractivity contribution < 1.29 is 19.1 Å². The molecule has 25 heavy (non-hydrogen) atoms. The molecule has 7 heteroatoms. The Morgan fingerprint density at radius 1 is 1.40 bits per heavy atom. The second kappa shape index (κ2) is 8.13. The number of nitrogens with one attached hydrogen (secondary N) is 1. The van der Waals surface area contributed by atoms with Gasteiger partial charge in [-0.05, 0) is 36.0 Å². The van der Waals surface area contributed by atoms with Crippen molar-refractivity contribution in [3.63, 3.8) is 0 Å². The third kappa shape index (κ3) is 4.05. The van der Waals surface area contributed by atoms with E-state index >= 15 is 0 Å². The molecule has 2 rings (SSSR count). The van der Waals surface area contributed by atoms with Gasteiger partial charge in [-0.1, -0.05) is 18.1 Å². The van der Waals surface area contributed by atoms with Gasteiger partial charge in [0.15, 0.2) is 16.6 Å². The summed E-state index contributed by atoms with van der Waals surface area (Å²) in [5.74, 6) is 2.23. The van der Waals surface area contributed by atoms with E-state index in [1.165, 1.54) is 24.2 Å². The van der Waals surface area contributed by atoms with Crippen LogP contribution in [0, 0.1) is 12.3 Å². The van der Waals surface area contributed by atoms with Crippen LogP contribution in [-0.4, -0.2) is 42.1 Å². The average molecular weight is 356 g/mol. The molecule has 1 aromatic carbocycles. The Morgan fingerprint density at radius 2 is 2.16 bits per heavy atom. The van der Waals surface area contributed by atoms with Gasteiger partial charge in [0.05, 0.1) is 7.11 Å². The number of thiocarbonyl (C=S) groups is 1. The number of terminal acetylenes is 1. The standard InChI is InChI=1S/C18H16N2O4S/c1-4-8-20-17(22)13(16(21)19-18(20)25)10-12-6-7-14(24-9-5-2)15(11-12)23-3/h2,4,6-7,10-11H,1,8-9H2,3H3,(H,19,21,25)/b13-10+. The smallest absolute Gasteiger partial charge is 0.265 e. The maximum absolute atomic E-state index is 12.5. The SMILES string of the molecule is C#CCOc1ccc(/C=C2\C(=O)NC(=S)N(CC=C)C2=O)cc1OC. The summed E-state index contributed by atoms with van der Waals surface area (Å²) in [7, 11) is 1.48. The van der Waals surface area contributed by atoms with E-state index in [2.05, 4.69) is 17.8 Å². The van der Waals surface area contributed by atoms with E-state index < -0.39 is 11.8 Å². The molecular weight excluding hydrogens is 340 g/mol. The van der Waals surface area contributed by atoms with Gasteiger partial charge in [-0.2, -0.15) is 0 Å². The van der Waals surface area contributed by atoms with Crippen LogP contribution in [0.25, 0.3) is 6.08 Å². The van der Waals surface area contributed by atoms with E-state index in [1.54, 1.807) is 18.2 Å². The molecule has 0 aliphatic carbocycles. The summed E-state index contributed by atoms with van der Waals surface area (Å²) in [6, 6.07) is 4.98. The summed E-state index contributed by atoms with van der Waals surface area (Å²) in [6.45, 7) is 3.89. The fourth-order valence-electron chi connectivity index (χ4n) is 2.17. The zero-order valence-corrected chi connectivity index (χ0v) is 14.4. The van der Waals surface area contributed by atoms with Crippen molar-refractivity contribution in [1.82, 2.24) is 10.2 Å². The molecule has 0 unspecified atom stereocenters. The molecule has 2 amide bonds. The third-order valence-electron chi connectivity index (χ3n) is 3.31. The van der Waals surface area contributed by atoms with E-state index in [9.17, 15) is 9.59 Å². The minimum atomic E-state index is -0.554. The fourth-order valence-corrected chi connectivity index (χ4v) is 2.42. The van der Waals surface area contributed by atoms with E-state index in [1.807, 2.05) is 0 Å². The molecule has 1 heterocycles. The third-order valence-corrected chi connectivity index (χ3v) is 3.63. The highest BCUT2D eigenvalue weighted by atomic mass is 32.1. The number of hydrogen-bond acceptors (Lipinski definition) is 5. The summed E-state index contributed by atoms with van der Waals surface area (Å²) in [4.78, 5) is 25.9. The number of amides is 2. The zero-order chi connectivity index (χ0) is 18.4. The summed E-state index contributed by atoms with van der Waals surface area (Å²) < 4.78 is 10.6. The van der Waals surface area contributed by atoms with Crippen molar-refractivity contribution in [3.8, 4) is 23.8 Å². The molecular formula is C18H16N2O4S. The molecule has 0 bridgehead atoms. The fraction of sp³-hybridized carbons (Fsp3) is 0.167. The topological polar surface area (TPSA) is 67.9 Å². The van der Waals surface area contributed by atoms with Gasteiger partial charge >= 0.3 is 0 Å². The molecule has 0 radical (unpaired) electrons. The minimum Gasteiger partial charge on any atom is -0.493 e. The summed E-state index contributed by atoms with van der Waals surface area (Å²) >= 11 is 5.01. The Balaban J connectivity index is 2.36. The number of carbonyl (C=O) groups is 2. The molecule has 1 aliphatic heterocycles. The number of methoxy groups -OCH3 is 1. The van der Waals surface area contributed by atoms with Crippen molar-refractivity contribution in [1.29, 1.82) is 0 Å². The van der Waals surface area contributed by atoms with E-state index in [0.717, 1.165) is 0 Å². The molecule has 1 fully saturated rings. The van der Waals surface area contributed by atoms with Gasteiger partial charge in [-0.3, -0.25) is 19.8 Å². The maximum Gasteiger partial charge on any atom is 0.265 e. The highest BCUT2D eigenvalue weighted by molar-refractivity contribution is 7.80. The Hall–Kier alpha value is -3.11. The predicted molar refractivity (Wildman–Crippen MR) is 97.9 cm³/mol. The van der Waals surface area contributed by atoms with Crippen LogP contribution in [0.3, 0.4) is 0 Å². The Morgan fingerprint density at radius 3 is 2.80 bits per heavy atom. The minimum absolute atomic E-state index is 0.0326. The van der Waals surface area contributed by atoms with Crippen LogP contribution in [0.5, 0.6) is 11.5 Å². The molecule has 0 spiro atoms. The largest absolute Gasteiger partial charge is 0.493 e. The molecule has 128 valence electrons. The molecule has 1 saturated heterocycles. The molecule has 1 aromatic rings. The van der Waals surface area contributed by atoms with Crippen LogP contribution in [-0.2, 0) is 9.59 Å². The van der Waals surface area contributed by atoms with Crippen molar-refractivity contribution in [2.24, 2.45) is 0 Å². The molecule has 1 N–H and O–H groups in total. The lowest BCUT2D eigenvalue weighted by molar-refractivity contribution is -0.128. The normalized spacial score (nSPS) is 15.6. The van der Waals surface area contributed by atoms with Crippen molar-refractivity contribution in [3.05, 3.63) is 42.0 Å². The predicted octanol–water partition coefficient (Wildman–Crippen LogP) is 1.52. The monoisotopic (exact) mass is 356 g/mol. The Kier molecular flexibility index (Phi) is 5.93. The molecule has 0 atom stereocenters. The summed E-state index contributed by atoms with van der Waals surface area (Å²) in [6.07, 6.45) is 8.16. The van der Waals surface area contributed by atoms with E-state index in [-0.39, 0.29) is 23.8 Å². The first-order valence-electron chi connectivity index (χ1n) is 7.26. The Bertz CT molecular complexity index is 808. The average Bonchev–Trinajstić information content (AvgIpc) is 2.60. The van der Waals surface area contributed by atoms with Crippen LogP contribution in [0.1, 0.15) is 5.56 Å². The van der Waals surface area contributed by atoms with Gasteiger partial charge in [0, 0.05) is 6.54 Å². The highest BCUT2D eigenvalue weighted by Crippen LogP contribution is 2.29. The number of hydrogen-bond donors (Lipinski definition) is 1. The zero-order valence-electron chi connectivity index (χ0n) is 13.6. The lowest BCUT2D eigenvalue weighted by atomic mass is 10.1. The molecule has 6 nitrogen and oxygen atoms in total. The van der Waals surface area contributed by atoms with Gasteiger partial charge in [0.1, 0.15) is 12.2 Å². The van der Waals surface area contributed by atoms with Gasteiger partial charge in [0.25, 0.3) is 11.8 Å². The van der Waals surface area contributed by atoms with Crippen LogP contribution in [0.2, 0.25) is 0 Å². The lowest BCUT2D eigenvalue weighted by Gasteiger charge is -2.27. The van der Waals surface area contributed by atoms with Crippen molar-refractivity contribution in [2.75, 3.05) is 20.3 Å². The second-order valence-corrected chi connectivity index (χ2v) is 5.31. The number of rotatable bonds is 6.